The molecule has 2 aliphatic carbocycles. The summed E-state index contributed by atoms with van der Waals surface area (Å²) in [5, 5.41) is 10.1. The van der Waals surface area contributed by atoms with Gasteiger partial charge in [0.1, 0.15) is 6.61 Å². The lowest BCUT2D eigenvalue weighted by Gasteiger charge is -2.25. The standard InChI is InChI=1S/C14H20O5/c1-7(15)17-6-8-4-10(16)9-5-11-13(12(8)9)19-14(2,3)18-11/h4,9-13,16H,5-6H2,1-3H3/t9-,10+,11+,12+,13+/m0/s1. The van der Waals surface area contributed by atoms with E-state index in [0.29, 0.717) is 0 Å². The zero-order chi connectivity index (χ0) is 13.8. The molecule has 1 saturated heterocycles. The van der Waals surface area contributed by atoms with E-state index < -0.39 is 11.9 Å². The number of ether oxygens (including phenoxy) is 3. The largest absolute Gasteiger partial charge is 0.461 e. The number of fused-ring (bicyclic) bond motifs is 3. The summed E-state index contributed by atoms with van der Waals surface area (Å²) < 4.78 is 16.9. The summed E-state index contributed by atoms with van der Waals surface area (Å²) in [6, 6.07) is 0. The van der Waals surface area contributed by atoms with E-state index in [4.69, 9.17) is 14.2 Å². The molecule has 1 N–H and O–H groups in total. The summed E-state index contributed by atoms with van der Waals surface area (Å²) in [4.78, 5) is 10.9. The van der Waals surface area contributed by atoms with E-state index in [9.17, 15) is 9.90 Å². The molecule has 2 fully saturated rings. The molecule has 106 valence electrons. The molecule has 5 heteroatoms. The molecule has 0 bridgehead atoms. The van der Waals surface area contributed by atoms with Crippen molar-refractivity contribution in [3.63, 3.8) is 0 Å². The molecule has 3 aliphatic rings. The van der Waals surface area contributed by atoms with Gasteiger partial charge in [-0.1, -0.05) is 6.08 Å². The van der Waals surface area contributed by atoms with Gasteiger partial charge in [-0.3, -0.25) is 4.79 Å². The predicted molar refractivity (Wildman–Crippen MR) is 66.1 cm³/mol. The van der Waals surface area contributed by atoms with E-state index in [0.717, 1.165) is 12.0 Å². The second-order valence-corrected chi connectivity index (χ2v) is 6.08. The van der Waals surface area contributed by atoms with Crippen LogP contribution >= 0.6 is 0 Å². The molecule has 5 atom stereocenters. The van der Waals surface area contributed by atoms with E-state index >= 15 is 0 Å². The molecular weight excluding hydrogens is 248 g/mol. The Balaban J connectivity index is 1.77. The fraction of sp³-hybridized carbons (Fsp3) is 0.786. The first-order valence-corrected chi connectivity index (χ1v) is 6.75. The van der Waals surface area contributed by atoms with Gasteiger partial charge in [-0.2, -0.15) is 0 Å². The average Bonchev–Trinajstić information content (AvgIpc) is 2.85. The van der Waals surface area contributed by atoms with Crippen LogP contribution in [0.2, 0.25) is 0 Å². The molecule has 0 aromatic carbocycles. The van der Waals surface area contributed by atoms with Crippen LogP contribution in [-0.4, -0.2) is 41.8 Å². The Kier molecular flexibility index (Phi) is 2.96. The number of hydrogen-bond donors (Lipinski definition) is 1. The molecule has 3 rings (SSSR count). The minimum atomic E-state index is -0.569. The fourth-order valence-corrected chi connectivity index (χ4v) is 3.63. The minimum Gasteiger partial charge on any atom is -0.461 e. The van der Waals surface area contributed by atoms with Gasteiger partial charge < -0.3 is 19.3 Å². The number of hydrogen-bond acceptors (Lipinski definition) is 5. The maximum atomic E-state index is 10.9. The summed E-state index contributed by atoms with van der Waals surface area (Å²) in [6.45, 7) is 5.43. The average molecular weight is 268 g/mol. The van der Waals surface area contributed by atoms with E-state index in [-0.39, 0.29) is 36.6 Å². The third kappa shape index (κ3) is 2.20. The van der Waals surface area contributed by atoms with Crippen LogP contribution in [0.1, 0.15) is 27.2 Å². The lowest BCUT2D eigenvalue weighted by molar-refractivity contribution is -0.160. The summed E-state index contributed by atoms with van der Waals surface area (Å²) in [5.74, 6) is -0.657. The fourth-order valence-electron chi connectivity index (χ4n) is 3.63. The van der Waals surface area contributed by atoms with Gasteiger partial charge in [0.15, 0.2) is 5.79 Å². The Morgan fingerprint density at radius 1 is 1.53 bits per heavy atom. The van der Waals surface area contributed by atoms with Crippen molar-refractivity contribution in [2.24, 2.45) is 11.8 Å². The van der Waals surface area contributed by atoms with Gasteiger partial charge in [0.25, 0.3) is 0 Å². The molecule has 0 spiro atoms. The van der Waals surface area contributed by atoms with Crippen LogP contribution in [0.3, 0.4) is 0 Å². The molecule has 0 unspecified atom stereocenters. The Morgan fingerprint density at radius 3 is 2.95 bits per heavy atom. The maximum Gasteiger partial charge on any atom is 0.302 e. The molecule has 1 saturated carbocycles. The van der Waals surface area contributed by atoms with Gasteiger partial charge in [-0.15, -0.1) is 0 Å². The zero-order valence-electron chi connectivity index (χ0n) is 11.5. The minimum absolute atomic E-state index is 0.0284. The normalized spacial score (nSPS) is 42.7. The predicted octanol–water partition coefficient (Wildman–Crippen LogP) is 1.01. The topological polar surface area (TPSA) is 65.0 Å². The number of esters is 1. The summed E-state index contributed by atoms with van der Waals surface area (Å²) in [5.41, 5.74) is 0.960. The molecular formula is C14H20O5. The molecule has 19 heavy (non-hydrogen) atoms. The van der Waals surface area contributed by atoms with E-state index in [1.54, 1.807) is 0 Å². The van der Waals surface area contributed by atoms with E-state index in [2.05, 4.69) is 0 Å². The summed E-state index contributed by atoms with van der Waals surface area (Å²) >= 11 is 0. The van der Waals surface area contributed by atoms with Crippen molar-refractivity contribution in [1.29, 1.82) is 0 Å². The van der Waals surface area contributed by atoms with Crippen molar-refractivity contribution in [2.45, 2.75) is 51.3 Å². The Hall–Kier alpha value is -0.910. The summed E-state index contributed by atoms with van der Waals surface area (Å²) in [6.07, 6.45) is 2.10. The highest BCUT2D eigenvalue weighted by Crippen LogP contribution is 2.51. The summed E-state index contributed by atoms with van der Waals surface area (Å²) in [7, 11) is 0. The van der Waals surface area contributed by atoms with Crippen molar-refractivity contribution in [3.05, 3.63) is 11.6 Å². The number of carbonyl (C=O) groups excluding carboxylic acids is 1. The number of aliphatic hydroxyl groups excluding tert-OH is 1. The third-order valence-corrected chi connectivity index (χ3v) is 4.23. The lowest BCUT2D eigenvalue weighted by Crippen LogP contribution is -2.30. The quantitative estimate of drug-likeness (QED) is 0.598. The molecule has 0 amide bonds. The van der Waals surface area contributed by atoms with E-state index in [1.807, 2.05) is 19.9 Å². The first-order chi connectivity index (χ1) is 8.87. The van der Waals surface area contributed by atoms with Crippen molar-refractivity contribution in [3.8, 4) is 0 Å². The SMILES string of the molecule is CC(=O)OCC1=C[C@@H](O)[C@@H]2C[C@H]3OC(C)(C)O[C@H]3[C@H]12. The van der Waals surface area contributed by atoms with Gasteiger partial charge >= 0.3 is 5.97 Å². The number of aliphatic hydroxyl groups is 1. The second kappa shape index (κ2) is 4.30. The van der Waals surface area contributed by atoms with Gasteiger partial charge in [0.2, 0.25) is 0 Å². The Morgan fingerprint density at radius 2 is 2.26 bits per heavy atom. The van der Waals surface area contributed by atoms with Crippen molar-refractivity contribution in [2.75, 3.05) is 6.61 Å². The van der Waals surface area contributed by atoms with Crippen molar-refractivity contribution in [1.82, 2.24) is 0 Å². The second-order valence-electron chi connectivity index (χ2n) is 6.08. The van der Waals surface area contributed by atoms with Gasteiger partial charge in [0.05, 0.1) is 18.3 Å². The smallest absolute Gasteiger partial charge is 0.302 e. The zero-order valence-corrected chi connectivity index (χ0v) is 11.5. The highest BCUT2D eigenvalue weighted by Gasteiger charge is 2.57. The maximum absolute atomic E-state index is 10.9. The first-order valence-electron chi connectivity index (χ1n) is 6.75. The van der Waals surface area contributed by atoms with Crippen LogP contribution < -0.4 is 0 Å². The molecule has 1 aliphatic heterocycles. The molecule has 0 aromatic heterocycles. The number of rotatable bonds is 2. The van der Waals surface area contributed by atoms with Gasteiger partial charge in [0, 0.05) is 18.8 Å². The van der Waals surface area contributed by atoms with Crippen LogP contribution in [-0.2, 0) is 19.0 Å². The van der Waals surface area contributed by atoms with Crippen LogP contribution in [0.25, 0.3) is 0 Å². The van der Waals surface area contributed by atoms with Crippen LogP contribution in [0.15, 0.2) is 11.6 Å². The molecule has 0 radical (unpaired) electrons. The van der Waals surface area contributed by atoms with Gasteiger partial charge in [-0.05, 0) is 25.8 Å². The Bertz CT molecular complexity index is 428. The van der Waals surface area contributed by atoms with Crippen molar-refractivity contribution < 1.29 is 24.1 Å². The molecule has 5 nitrogen and oxygen atoms in total. The van der Waals surface area contributed by atoms with Gasteiger partial charge in [-0.25, -0.2) is 0 Å². The molecule has 1 heterocycles. The number of carbonyl (C=O) groups is 1. The van der Waals surface area contributed by atoms with Crippen molar-refractivity contribution >= 4 is 5.97 Å². The van der Waals surface area contributed by atoms with Crippen LogP contribution in [0.4, 0.5) is 0 Å². The first kappa shape index (κ1) is 13.1. The van der Waals surface area contributed by atoms with E-state index in [1.165, 1.54) is 6.92 Å². The van der Waals surface area contributed by atoms with Crippen LogP contribution in [0.5, 0.6) is 0 Å². The third-order valence-electron chi connectivity index (χ3n) is 4.23. The monoisotopic (exact) mass is 268 g/mol. The highest BCUT2D eigenvalue weighted by molar-refractivity contribution is 5.66. The molecule has 0 aromatic rings. The Labute approximate surface area is 112 Å². The highest BCUT2D eigenvalue weighted by atomic mass is 16.8. The van der Waals surface area contributed by atoms with Crippen LogP contribution in [0, 0.1) is 11.8 Å². The lowest BCUT2D eigenvalue weighted by atomic mass is 9.92.